The van der Waals surface area contributed by atoms with Crippen molar-refractivity contribution in [1.82, 2.24) is 10.2 Å². The Morgan fingerprint density at radius 1 is 1.29 bits per heavy atom. The van der Waals surface area contributed by atoms with E-state index in [-0.39, 0.29) is 12.5 Å². The molecule has 0 spiro atoms. The van der Waals surface area contributed by atoms with E-state index in [0.717, 1.165) is 12.8 Å². The van der Waals surface area contributed by atoms with Gasteiger partial charge in [0.05, 0.1) is 6.61 Å². The second-order valence-corrected chi connectivity index (χ2v) is 5.29. The average Bonchev–Trinajstić information content (AvgIpc) is 3.12. The highest BCUT2D eigenvalue weighted by Gasteiger charge is 2.39. The lowest BCUT2D eigenvalue weighted by Gasteiger charge is -2.40. The van der Waals surface area contributed by atoms with Gasteiger partial charge in [0.1, 0.15) is 0 Å². The van der Waals surface area contributed by atoms with E-state index in [1.165, 1.54) is 25.7 Å². The summed E-state index contributed by atoms with van der Waals surface area (Å²) < 4.78 is 0. The summed E-state index contributed by atoms with van der Waals surface area (Å²) in [4.78, 5) is 13.9. The molecule has 98 valence electrons. The molecule has 2 aliphatic rings. The number of nitrogens with one attached hydrogen (secondary N) is 1. The second-order valence-electron chi connectivity index (χ2n) is 5.29. The first-order chi connectivity index (χ1) is 8.24. The van der Waals surface area contributed by atoms with Crippen molar-refractivity contribution in [1.29, 1.82) is 0 Å². The van der Waals surface area contributed by atoms with Gasteiger partial charge in [0, 0.05) is 31.6 Å². The fraction of sp³-hybridized carbons (Fsp3) is 0.923. The molecule has 17 heavy (non-hydrogen) atoms. The Labute approximate surface area is 103 Å². The van der Waals surface area contributed by atoms with E-state index in [9.17, 15) is 4.79 Å². The summed E-state index contributed by atoms with van der Waals surface area (Å²) in [6, 6.07) is 1.22. The summed E-state index contributed by atoms with van der Waals surface area (Å²) in [7, 11) is 0. The Hall–Kier alpha value is -0.610. The fourth-order valence-electron chi connectivity index (χ4n) is 3.05. The van der Waals surface area contributed by atoms with Crippen molar-refractivity contribution in [3.63, 3.8) is 0 Å². The van der Waals surface area contributed by atoms with Crippen molar-refractivity contribution in [3.05, 3.63) is 0 Å². The van der Waals surface area contributed by atoms with Crippen molar-refractivity contribution < 1.29 is 9.90 Å². The maximum absolute atomic E-state index is 11.8. The van der Waals surface area contributed by atoms with Gasteiger partial charge in [-0.15, -0.1) is 0 Å². The maximum Gasteiger partial charge on any atom is 0.219 e. The highest BCUT2D eigenvalue weighted by molar-refractivity contribution is 5.74. The minimum Gasteiger partial charge on any atom is -0.395 e. The number of aliphatic hydroxyl groups excluding tert-OH is 1. The van der Waals surface area contributed by atoms with Gasteiger partial charge in [0.25, 0.3) is 0 Å². The highest BCUT2D eigenvalue weighted by atomic mass is 16.3. The first kappa shape index (κ1) is 12.8. The monoisotopic (exact) mass is 240 g/mol. The minimum absolute atomic E-state index is 0.173. The van der Waals surface area contributed by atoms with Crippen LogP contribution in [0.15, 0.2) is 0 Å². The third-order valence-corrected chi connectivity index (χ3v) is 3.91. The van der Waals surface area contributed by atoms with Gasteiger partial charge in [-0.25, -0.2) is 0 Å². The van der Waals surface area contributed by atoms with Crippen LogP contribution in [0.25, 0.3) is 0 Å². The molecule has 2 aliphatic carbocycles. The smallest absolute Gasteiger partial charge is 0.219 e. The molecule has 0 aliphatic heterocycles. The topological polar surface area (TPSA) is 52.6 Å². The van der Waals surface area contributed by atoms with Gasteiger partial charge < -0.3 is 15.3 Å². The Balaban J connectivity index is 2.00. The van der Waals surface area contributed by atoms with Crippen LogP contribution in [-0.2, 0) is 4.79 Å². The number of rotatable bonds is 5. The SMILES string of the molecule is CC(=O)N(C1CC1)[C@@H]1CCCC[C@H]1NCCO. The molecule has 0 radical (unpaired) electrons. The van der Waals surface area contributed by atoms with Gasteiger partial charge in [0.2, 0.25) is 5.91 Å². The maximum atomic E-state index is 11.8. The van der Waals surface area contributed by atoms with Gasteiger partial charge in [-0.1, -0.05) is 12.8 Å². The molecule has 2 N–H and O–H groups in total. The highest BCUT2D eigenvalue weighted by Crippen LogP contribution is 2.33. The minimum atomic E-state index is 0.173. The molecule has 0 saturated heterocycles. The van der Waals surface area contributed by atoms with E-state index in [1.54, 1.807) is 6.92 Å². The number of carbonyl (C=O) groups is 1. The molecule has 0 aromatic rings. The van der Waals surface area contributed by atoms with E-state index in [4.69, 9.17) is 5.11 Å². The van der Waals surface area contributed by atoms with Crippen LogP contribution in [-0.4, -0.2) is 47.2 Å². The molecule has 0 unspecified atom stereocenters. The predicted molar refractivity (Wildman–Crippen MR) is 66.7 cm³/mol. The lowest BCUT2D eigenvalue weighted by atomic mass is 9.89. The fourth-order valence-corrected chi connectivity index (χ4v) is 3.05. The number of amides is 1. The zero-order chi connectivity index (χ0) is 12.3. The van der Waals surface area contributed by atoms with Crippen LogP contribution >= 0.6 is 0 Å². The van der Waals surface area contributed by atoms with Gasteiger partial charge in [-0.05, 0) is 25.7 Å². The van der Waals surface area contributed by atoms with Crippen LogP contribution in [0, 0.1) is 0 Å². The van der Waals surface area contributed by atoms with Crippen molar-refractivity contribution in [3.8, 4) is 0 Å². The van der Waals surface area contributed by atoms with Crippen molar-refractivity contribution in [2.75, 3.05) is 13.2 Å². The van der Waals surface area contributed by atoms with E-state index in [0.29, 0.717) is 24.7 Å². The molecule has 2 fully saturated rings. The Bertz CT molecular complexity index is 266. The average molecular weight is 240 g/mol. The third-order valence-electron chi connectivity index (χ3n) is 3.91. The Kier molecular flexibility index (Phi) is 4.40. The molecule has 4 nitrogen and oxygen atoms in total. The molecule has 0 aromatic carbocycles. The van der Waals surface area contributed by atoms with Gasteiger partial charge in [-0.2, -0.15) is 0 Å². The van der Waals surface area contributed by atoms with Crippen LogP contribution in [0.1, 0.15) is 45.4 Å². The van der Waals surface area contributed by atoms with Crippen LogP contribution in [0.2, 0.25) is 0 Å². The van der Waals surface area contributed by atoms with Crippen LogP contribution in [0.3, 0.4) is 0 Å². The summed E-state index contributed by atoms with van der Waals surface area (Å²) >= 11 is 0. The third kappa shape index (κ3) is 3.19. The van der Waals surface area contributed by atoms with E-state index in [2.05, 4.69) is 10.2 Å². The molecular formula is C13H24N2O2. The van der Waals surface area contributed by atoms with Gasteiger partial charge in [0.15, 0.2) is 0 Å². The van der Waals surface area contributed by atoms with E-state index >= 15 is 0 Å². The molecule has 2 rings (SSSR count). The second kappa shape index (κ2) is 5.83. The first-order valence-corrected chi connectivity index (χ1v) is 6.87. The standard InChI is InChI=1S/C13H24N2O2/c1-10(17)15(11-6-7-11)13-5-3-2-4-12(13)14-8-9-16/h11-14,16H,2-9H2,1H3/t12-,13-/m1/s1. The summed E-state index contributed by atoms with van der Waals surface area (Å²) in [6.45, 7) is 2.50. The molecule has 2 atom stereocenters. The lowest BCUT2D eigenvalue weighted by molar-refractivity contribution is -0.133. The molecule has 1 amide bonds. The van der Waals surface area contributed by atoms with Crippen molar-refractivity contribution in [2.45, 2.75) is 63.6 Å². The predicted octanol–water partition coefficient (Wildman–Crippen LogP) is 0.890. The number of aliphatic hydroxyl groups is 1. The lowest BCUT2D eigenvalue weighted by Crippen LogP contribution is -2.54. The zero-order valence-electron chi connectivity index (χ0n) is 10.7. The molecular weight excluding hydrogens is 216 g/mol. The molecule has 4 heteroatoms. The zero-order valence-corrected chi connectivity index (χ0v) is 10.7. The number of nitrogens with zero attached hydrogens (tertiary/aromatic N) is 1. The van der Waals surface area contributed by atoms with E-state index in [1.807, 2.05) is 0 Å². The van der Waals surface area contributed by atoms with Gasteiger partial charge >= 0.3 is 0 Å². The molecule has 0 aromatic heterocycles. The quantitative estimate of drug-likeness (QED) is 0.750. The van der Waals surface area contributed by atoms with Crippen LogP contribution in [0.5, 0.6) is 0 Å². The normalized spacial score (nSPS) is 29.1. The van der Waals surface area contributed by atoms with Gasteiger partial charge in [-0.3, -0.25) is 4.79 Å². The molecule has 0 bridgehead atoms. The molecule has 2 saturated carbocycles. The summed E-state index contributed by atoms with van der Waals surface area (Å²) in [6.07, 6.45) is 7.03. The van der Waals surface area contributed by atoms with Crippen LogP contribution in [0.4, 0.5) is 0 Å². The Morgan fingerprint density at radius 3 is 2.59 bits per heavy atom. The van der Waals surface area contributed by atoms with E-state index < -0.39 is 0 Å². The summed E-state index contributed by atoms with van der Waals surface area (Å²) in [5, 5.41) is 12.3. The van der Waals surface area contributed by atoms with Crippen molar-refractivity contribution >= 4 is 5.91 Å². The van der Waals surface area contributed by atoms with Crippen LogP contribution < -0.4 is 5.32 Å². The first-order valence-electron chi connectivity index (χ1n) is 6.87. The number of hydrogen-bond donors (Lipinski definition) is 2. The summed E-state index contributed by atoms with van der Waals surface area (Å²) in [5.74, 6) is 0.218. The largest absolute Gasteiger partial charge is 0.395 e. The van der Waals surface area contributed by atoms with Crippen molar-refractivity contribution in [2.24, 2.45) is 0 Å². The number of carbonyl (C=O) groups excluding carboxylic acids is 1. The summed E-state index contributed by atoms with van der Waals surface area (Å²) in [5.41, 5.74) is 0. The number of hydrogen-bond acceptors (Lipinski definition) is 3. The Morgan fingerprint density at radius 2 is 2.00 bits per heavy atom. The molecule has 0 heterocycles.